The lowest BCUT2D eigenvalue weighted by Gasteiger charge is -2.29. The second kappa shape index (κ2) is 13.1. The summed E-state index contributed by atoms with van der Waals surface area (Å²) in [5.41, 5.74) is 20.2. The Morgan fingerprint density at radius 3 is 1.22 bits per heavy atom. The van der Waals surface area contributed by atoms with Gasteiger partial charge < -0.3 is 0 Å². The molecule has 0 heteroatoms. The van der Waals surface area contributed by atoms with Crippen molar-refractivity contribution in [2.24, 2.45) is 0 Å². The zero-order valence-corrected chi connectivity index (χ0v) is 33.8. The van der Waals surface area contributed by atoms with E-state index in [9.17, 15) is 0 Å². The van der Waals surface area contributed by atoms with Crippen LogP contribution < -0.4 is 0 Å². The van der Waals surface area contributed by atoms with Gasteiger partial charge in [-0.1, -0.05) is 206 Å². The monoisotopic (exact) mass is 762 g/mol. The summed E-state index contributed by atoms with van der Waals surface area (Å²) in [5.74, 6) is 0. The molecule has 60 heavy (non-hydrogen) atoms. The largest absolute Gasteiger partial charge is 0.0622 e. The van der Waals surface area contributed by atoms with E-state index < -0.39 is 0 Å². The number of benzene rings is 10. The zero-order chi connectivity index (χ0) is 40.0. The molecule has 0 nitrogen and oxygen atoms in total. The Hall–Kier alpha value is -7.28. The van der Waals surface area contributed by atoms with Gasteiger partial charge in [0.25, 0.3) is 0 Å². The van der Waals surface area contributed by atoms with Crippen molar-refractivity contribution in [1.29, 1.82) is 0 Å². The smallest absolute Gasteiger partial charge is 0.0435 e. The molecule has 12 rings (SSSR count). The summed E-state index contributed by atoms with van der Waals surface area (Å²) in [6, 6.07) is 81.7. The van der Waals surface area contributed by atoms with Crippen LogP contribution in [-0.4, -0.2) is 0 Å². The van der Waals surface area contributed by atoms with Crippen LogP contribution in [0.4, 0.5) is 0 Å². The molecular formula is C60H42. The van der Waals surface area contributed by atoms with Crippen LogP contribution in [-0.2, 0) is 10.8 Å². The summed E-state index contributed by atoms with van der Waals surface area (Å²) in [6.07, 6.45) is 0. The van der Waals surface area contributed by atoms with E-state index in [4.69, 9.17) is 0 Å². The van der Waals surface area contributed by atoms with E-state index in [1.165, 1.54) is 111 Å². The molecule has 0 amide bonds. The predicted molar refractivity (Wildman–Crippen MR) is 253 cm³/mol. The Morgan fingerprint density at radius 2 is 0.667 bits per heavy atom. The molecule has 2 aliphatic carbocycles. The maximum Gasteiger partial charge on any atom is 0.0435 e. The Bertz CT molecular complexity index is 3320. The van der Waals surface area contributed by atoms with Crippen molar-refractivity contribution in [3.8, 4) is 55.6 Å². The Labute approximate surface area is 352 Å². The molecule has 0 saturated carbocycles. The van der Waals surface area contributed by atoms with E-state index in [1.807, 2.05) is 0 Å². The minimum Gasteiger partial charge on any atom is -0.0622 e. The number of hydrogen-bond donors (Lipinski definition) is 0. The fourth-order valence-corrected chi connectivity index (χ4v) is 11.2. The van der Waals surface area contributed by atoms with Crippen LogP contribution in [0.25, 0.3) is 77.2 Å². The molecule has 2 atom stereocenters. The summed E-state index contributed by atoms with van der Waals surface area (Å²) in [4.78, 5) is 0. The second-order valence-corrected chi connectivity index (χ2v) is 17.0. The summed E-state index contributed by atoms with van der Waals surface area (Å²) < 4.78 is 0. The highest BCUT2D eigenvalue weighted by atomic mass is 14.4. The average Bonchev–Trinajstić information content (AvgIpc) is 3.74. The first kappa shape index (κ1) is 34.7. The van der Waals surface area contributed by atoms with Gasteiger partial charge in [0, 0.05) is 10.8 Å². The fourth-order valence-electron chi connectivity index (χ4n) is 11.2. The number of rotatable bonds is 5. The van der Waals surface area contributed by atoms with Gasteiger partial charge in [-0.15, -0.1) is 0 Å². The van der Waals surface area contributed by atoms with E-state index in [1.54, 1.807) is 0 Å². The highest BCUT2D eigenvalue weighted by Gasteiger charge is 2.42. The molecule has 2 unspecified atom stereocenters. The Balaban J connectivity index is 1.17. The molecule has 0 aromatic heterocycles. The van der Waals surface area contributed by atoms with Gasteiger partial charge in [0.05, 0.1) is 0 Å². The van der Waals surface area contributed by atoms with Gasteiger partial charge in [0.2, 0.25) is 0 Å². The number of hydrogen-bond acceptors (Lipinski definition) is 0. The molecule has 0 radical (unpaired) electrons. The third-order valence-corrected chi connectivity index (χ3v) is 14.0. The summed E-state index contributed by atoms with van der Waals surface area (Å²) >= 11 is 0. The quantitative estimate of drug-likeness (QED) is 0.153. The first-order valence-electron chi connectivity index (χ1n) is 21.2. The van der Waals surface area contributed by atoms with Crippen molar-refractivity contribution in [1.82, 2.24) is 0 Å². The molecular weight excluding hydrogens is 721 g/mol. The molecule has 10 aromatic carbocycles. The lowest BCUT2D eigenvalue weighted by Crippen LogP contribution is -2.22. The van der Waals surface area contributed by atoms with E-state index in [0.29, 0.717) is 0 Å². The first-order valence-corrected chi connectivity index (χ1v) is 21.2. The highest BCUT2D eigenvalue weighted by molar-refractivity contribution is 6.25. The molecule has 0 N–H and O–H groups in total. The van der Waals surface area contributed by atoms with E-state index >= 15 is 0 Å². The first-order chi connectivity index (χ1) is 29.5. The van der Waals surface area contributed by atoms with Crippen LogP contribution in [0.2, 0.25) is 0 Å². The van der Waals surface area contributed by atoms with Crippen molar-refractivity contribution in [2.45, 2.75) is 24.7 Å². The van der Waals surface area contributed by atoms with Crippen molar-refractivity contribution in [3.05, 3.63) is 252 Å². The summed E-state index contributed by atoms with van der Waals surface area (Å²) in [7, 11) is 0. The van der Waals surface area contributed by atoms with Gasteiger partial charge in [-0.3, -0.25) is 0 Å². The van der Waals surface area contributed by atoms with Gasteiger partial charge in [-0.05, 0) is 137 Å². The maximum absolute atomic E-state index is 2.52. The summed E-state index contributed by atoms with van der Waals surface area (Å²) in [6.45, 7) is 4.83. The molecule has 282 valence electrons. The fraction of sp³-hybridized carbons (Fsp3) is 0.0667. The molecule has 0 bridgehead atoms. The van der Waals surface area contributed by atoms with Crippen LogP contribution in [0, 0.1) is 0 Å². The normalized spacial score (nSPS) is 17.3. The predicted octanol–water partition coefficient (Wildman–Crippen LogP) is 15.7. The van der Waals surface area contributed by atoms with Crippen LogP contribution >= 0.6 is 0 Å². The van der Waals surface area contributed by atoms with E-state index in [0.717, 1.165) is 0 Å². The standard InChI is InChI=1S/C60H42/c1-59(42-21-8-4-9-22-42)52-31-16-14-25-45(52)47-35-33-40(37-54(47)59)56-49-27-12-13-28-50(49)57(58-44(29-18-30-51(56)58)39-19-6-3-7-20-39)41-34-36-48-46-26-15-17-32-53(46)60(2,55(48)38-41)43-23-10-5-11-24-43/h3-38H,1-2H3. The van der Waals surface area contributed by atoms with Gasteiger partial charge in [-0.25, -0.2) is 0 Å². The van der Waals surface area contributed by atoms with Crippen molar-refractivity contribution >= 4 is 21.5 Å². The van der Waals surface area contributed by atoms with Gasteiger partial charge in [0.1, 0.15) is 0 Å². The van der Waals surface area contributed by atoms with Gasteiger partial charge >= 0.3 is 0 Å². The molecule has 0 fully saturated rings. The Kier molecular flexibility index (Phi) is 7.59. The number of fused-ring (bicyclic) bond motifs is 8. The third kappa shape index (κ3) is 4.79. The van der Waals surface area contributed by atoms with Crippen LogP contribution in [0.1, 0.15) is 47.2 Å². The van der Waals surface area contributed by atoms with Gasteiger partial charge in [-0.2, -0.15) is 0 Å². The second-order valence-electron chi connectivity index (χ2n) is 17.0. The minimum absolute atomic E-state index is 0.294. The SMILES string of the molecule is CC1(c2ccccc2)c2ccccc2-c2ccc(-c3c4ccccc4c(-c4ccc5c(c4)C(C)(c4ccccc4)c4ccccc4-5)c4c(-c5ccccc5)cccc34)cc21. The Morgan fingerprint density at radius 1 is 0.267 bits per heavy atom. The molecule has 0 spiro atoms. The minimum atomic E-state index is -0.301. The van der Waals surface area contributed by atoms with Crippen LogP contribution in [0.5, 0.6) is 0 Å². The van der Waals surface area contributed by atoms with Crippen LogP contribution in [0.15, 0.2) is 218 Å². The van der Waals surface area contributed by atoms with Crippen molar-refractivity contribution in [2.75, 3.05) is 0 Å². The lowest BCUT2D eigenvalue weighted by atomic mass is 9.73. The molecule has 0 saturated heterocycles. The highest BCUT2D eigenvalue weighted by Crippen LogP contribution is 2.56. The lowest BCUT2D eigenvalue weighted by molar-refractivity contribution is 0.714. The maximum atomic E-state index is 2.52. The zero-order valence-electron chi connectivity index (χ0n) is 33.8. The van der Waals surface area contributed by atoms with Crippen molar-refractivity contribution < 1.29 is 0 Å². The van der Waals surface area contributed by atoms with Gasteiger partial charge in [0.15, 0.2) is 0 Å². The van der Waals surface area contributed by atoms with E-state index in [2.05, 4.69) is 232 Å². The molecule has 2 aliphatic rings. The summed E-state index contributed by atoms with van der Waals surface area (Å²) in [5, 5.41) is 5.06. The molecule has 10 aromatic rings. The average molecular weight is 763 g/mol. The molecule has 0 aliphatic heterocycles. The van der Waals surface area contributed by atoms with E-state index in [-0.39, 0.29) is 10.8 Å². The van der Waals surface area contributed by atoms with Crippen molar-refractivity contribution in [3.63, 3.8) is 0 Å². The topological polar surface area (TPSA) is 0 Å². The van der Waals surface area contributed by atoms with Crippen LogP contribution in [0.3, 0.4) is 0 Å². The third-order valence-electron chi connectivity index (χ3n) is 14.0. The molecule has 0 heterocycles.